The molecule has 94 valence electrons. The van der Waals surface area contributed by atoms with Crippen LogP contribution in [0.3, 0.4) is 0 Å². The molecule has 0 saturated heterocycles. The molecule has 0 saturated carbocycles. The van der Waals surface area contributed by atoms with Crippen LogP contribution in [0.4, 0.5) is 8.78 Å². The molecule has 0 spiro atoms. The van der Waals surface area contributed by atoms with Crippen LogP contribution < -0.4 is 5.32 Å². The Bertz CT molecular complexity index is 380. The molecule has 0 aliphatic heterocycles. The predicted octanol–water partition coefficient (Wildman–Crippen LogP) is 3.27. The van der Waals surface area contributed by atoms with Gasteiger partial charge in [0.1, 0.15) is 11.6 Å². The third-order valence-corrected chi connectivity index (χ3v) is 2.49. The van der Waals surface area contributed by atoms with Crippen LogP contribution in [0.2, 0.25) is 0 Å². The molecule has 0 radical (unpaired) electrons. The van der Waals surface area contributed by atoms with Crippen molar-refractivity contribution in [2.75, 3.05) is 6.54 Å². The van der Waals surface area contributed by atoms with Gasteiger partial charge in [-0.3, -0.25) is 4.79 Å². The summed E-state index contributed by atoms with van der Waals surface area (Å²) in [4.78, 5) is 11.5. The van der Waals surface area contributed by atoms with E-state index in [-0.39, 0.29) is 5.56 Å². The highest BCUT2D eigenvalue weighted by Gasteiger charge is 2.11. The second-order valence-electron chi connectivity index (χ2n) is 3.94. The van der Waals surface area contributed by atoms with Crippen LogP contribution >= 0.6 is 0 Å². The molecule has 0 fully saturated rings. The van der Waals surface area contributed by atoms with Gasteiger partial charge in [0.2, 0.25) is 0 Å². The Balaban J connectivity index is 2.42. The van der Waals surface area contributed by atoms with Gasteiger partial charge in [-0.2, -0.15) is 0 Å². The Labute approximate surface area is 100 Å². The quantitative estimate of drug-likeness (QED) is 0.761. The average molecular weight is 241 g/mol. The van der Waals surface area contributed by atoms with Crippen molar-refractivity contribution in [2.45, 2.75) is 32.6 Å². The number of carbonyl (C=O) groups is 1. The Morgan fingerprint density at radius 1 is 1.24 bits per heavy atom. The number of benzene rings is 1. The van der Waals surface area contributed by atoms with Crippen LogP contribution in [-0.4, -0.2) is 12.5 Å². The summed E-state index contributed by atoms with van der Waals surface area (Å²) >= 11 is 0. The maximum Gasteiger partial charge on any atom is 0.254 e. The van der Waals surface area contributed by atoms with Crippen molar-refractivity contribution in [3.8, 4) is 0 Å². The van der Waals surface area contributed by atoms with Gasteiger partial charge in [0.25, 0.3) is 5.91 Å². The monoisotopic (exact) mass is 241 g/mol. The summed E-state index contributed by atoms with van der Waals surface area (Å²) in [5.41, 5.74) is -0.109. The highest BCUT2D eigenvalue weighted by molar-refractivity contribution is 5.94. The first kappa shape index (κ1) is 13.6. The van der Waals surface area contributed by atoms with Crippen molar-refractivity contribution in [1.82, 2.24) is 5.32 Å². The minimum absolute atomic E-state index is 0.109. The van der Waals surface area contributed by atoms with Crippen LogP contribution in [0.5, 0.6) is 0 Å². The largest absolute Gasteiger partial charge is 0.352 e. The molecule has 4 heteroatoms. The molecule has 0 aliphatic rings. The van der Waals surface area contributed by atoms with E-state index in [2.05, 4.69) is 12.2 Å². The van der Waals surface area contributed by atoms with Crippen molar-refractivity contribution >= 4 is 5.91 Å². The minimum Gasteiger partial charge on any atom is -0.352 e. The molecule has 1 aromatic carbocycles. The molecule has 0 aliphatic carbocycles. The second kappa shape index (κ2) is 6.99. The summed E-state index contributed by atoms with van der Waals surface area (Å²) in [6, 6.07) is 2.95. The third kappa shape index (κ3) is 4.51. The molecule has 0 unspecified atom stereocenters. The molecule has 0 bridgehead atoms. The first-order valence-corrected chi connectivity index (χ1v) is 5.88. The van der Waals surface area contributed by atoms with E-state index in [4.69, 9.17) is 0 Å². The number of rotatable bonds is 6. The molecule has 1 amide bonds. The number of hydrogen-bond donors (Lipinski definition) is 1. The fourth-order valence-electron chi connectivity index (χ4n) is 1.52. The molecule has 0 aromatic heterocycles. The summed E-state index contributed by atoms with van der Waals surface area (Å²) in [7, 11) is 0. The zero-order valence-corrected chi connectivity index (χ0v) is 9.93. The second-order valence-corrected chi connectivity index (χ2v) is 3.94. The topological polar surface area (TPSA) is 29.1 Å². The molecule has 17 heavy (non-hydrogen) atoms. The fourth-order valence-corrected chi connectivity index (χ4v) is 1.52. The fraction of sp³-hybridized carbons (Fsp3) is 0.462. The van der Waals surface area contributed by atoms with E-state index < -0.39 is 17.5 Å². The van der Waals surface area contributed by atoms with Crippen molar-refractivity contribution in [2.24, 2.45) is 0 Å². The summed E-state index contributed by atoms with van der Waals surface area (Å²) in [6.45, 7) is 2.63. The van der Waals surface area contributed by atoms with Gasteiger partial charge in [0, 0.05) is 12.6 Å². The van der Waals surface area contributed by atoms with Crippen molar-refractivity contribution in [3.63, 3.8) is 0 Å². The summed E-state index contributed by atoms with van der Waals surface area (Å²) in [6.07, 6.45) is 4.17. The number of halogens is 2. The number of amides is 1. The van der Waals surface area contributed by atoms with Crippen molar-refractivity contribution in [1.29, 1.82) is 0 Å². The van der Waals surface area contributed by atoms with Crippen LogP contribution in [0.25, 0.3) is 0 Å². The number of nitrogens with one attached hydrogen (secondary N) is 1. The van der Waals surface area contributed by atoms with Gasteiger partial charge < -0.3 is 5.32 Å². The van der Waals surface area contributed by atoms with Gasteiger partial charge in [-0.05, 0) is 18.6 Å². The van der Waals surface area contributed by atoms with Gasteiger partial charge in [-0.15, -0.1) is 0 Å². The average Bonchev–Trinajstić information content (AvgIpc) is 2.28. The first-order valence-electron chi connectivity index (χ1n) is 5.88. The summed E-state index contributed by atoms with van der Waals surface area (Å²) < 4.78 is 25.9. The Morgan fingerprint density at radius 2 is 2.00 bits per heavy atom. The molecule has 0 heterocycles. The number of unbranched alkanes of at least 4 members (excludes halogenated alkanes) is 3. The summed E-state index contributed by atoms with van der Waals surface area (Å²) in [5, 5.41) is 2.62. The highest BCUT2D eigenvalue weighted by Crippen LogP contribution is 2.09. The van der Waals surface area contributed by atoms with E-state index in [0.717, 1.165) is 37.8 Å². The van der Waals surface area contributed by atoms with Gasteiger partial charge in [0.05, 0.1) is 5.56 Å². The molecule has 1 aromatic rings. The Kier molecular flexibility index (Phi) is 5.60. The lowest BCUT2D eigenvalue weighted by molar-refractivity contribution is 0.0949. The zero-order chi connectivity index (χ0) is 12.7. The zero-order valence-electron chi connectivity index (χ0n) is 9.93. The molecular formula is C13H17F2NO. The molecular weight excluding hydrogens is 224 g/mol. The van der Waals surface area contributed by atoms with Gasteiger partial charge >= 0.3 is 0 Å². The van der Waals surface area contributed by atoms with Crippen LogP contribution in [0.1, 0.15) is 43.0 Å². The first-order chi connectivity index (χ1) is 8.15. The molecule has 2 nitrogen and oxygen atoms in total. The predicted molar refractivity (Wildman–Crippen MR) is 62.8 cm³/mol. The molecule has 1 N–H and O–H groups in total. The SMILES string of the molecule is CCCCCCNC(=O)c1ccc(F)cc1F. The van der Waals surface area contributed by atoms with E-state index in [0.29, 0.717) is 12.6 Å². The highest BCUT2D eigenvalue weighted by atomic mass is 19.1. The summed E-state index contributed by atoms with van der Waals surface area (Å²) in [5.74, 6) is -1.99. The van der Waals surface area contributed by atoms with Crippen molar-refractivity contribution in [3.05, 3.63) is 35.4 Å². The Morgan fingerprint density at radius 3 is 2.65 bits per heavy atom. The molecule has 1 rings (SSSR count). The Hall–Kier alpha value is -1.45. The standard InChI is InChI=1S/C13H17F2NO/c1-2-3-4-5-8-16-13(17)11-7-6-10(14)9-12(11)15/h6-7,9H,2-5,8H2,1H3,(H,16,17). The third-order valence-electron chi connectivity index (χ3n) is 2.49. The number of hydrogen-bond acceptors (Lipinski definition) is 1. The molecule has 0 atom stereocenters. The lowest BCUT2D eigenvalue weighted by Crippen LogP contribution is -2.25. The van der Waals surface area contributed by atoms with Crippen LogP contribution in [0, 0.1) is 11.6 Å². The van der Waals surface area contributed by atoms with Gasteiger partial charge in [-0.25, -0.2) is 8.78 Å². The maximum atomic E-state index is 13.2. The minimum atomic E-state index is -0.823. The van der Waals surface area contributed by atoms with E-state index in [1.165, 1.54) is 0 Å². The van der Waals surface area contributed by atoms with Crippen LogP contribution in [0.15, 0.2) is 18.2 Å². The van der Waals surface area contributed by atoms with E-state index in [1.54, 1.807) is 0 Å². The van der Waals surface area contributed by atoms with Gasteiger partial charge in [0.15, 0.2) is 0 Å². The van der Waals surface area contributed by atoms with Gasteiger partial charge in [-0.1, -0.05) is 26.2 Å². The van der Waals surface area contributed by atoms with Crippen LogP contribution in [-0.2, 0) is 0 Å². The van der Waals surface area contributed by atoms with E-state index >= 15 is 0 Å². The smallest absolute Gasteiger partial charge is 0.254 e. The van der Waals surface area contributed by atoms with Crippen molar-refractivity contribution < 1.29 is 13.6 Å². The maximum absolute atomic E-state index is 13.2. The number of carbonyl (C=O) groups excluding carboxylic acids is 1. The van der Waals surface area contributed by atoms with E-state index in [9.17, 15) is 13.6 Å². The normalized spacial score (nSPS) is 10.3. The van der Waals surface area contributed by atoms with E-state index in [1.807, 2.05) is 0 Å². The lowest BCUT2D eigenvalue weighted by atomic mass is 10.2. The lowest BCUT2D eigenvalue weighted by Gasteiger charge is -2.05.